The van der Waals surface area contributed by atoms with E-state index >= 15 is 0 Å². The van der Waals surface area contributed by atoms with Crippen molar-refractivity contribution in [3.05, 3.63) is 40.4 Å². The zero-order valence-corrected chi connectivity index (χ0v) is 11.5. The molecular formula is C14H10F3NO2S. The summed E-state index contributed by atoms with van der Waals surface area (Å²) in [7, 11) is 0. The van der Waals surface area contributed by atoms with Crippen LogP contribution >= 0.6 is 11.3 Å². The molecule has 110 valence electrons. The summed E-state index contributed by atoms with van der Waals surface area (Å²) in [5, 5.41) is 9.50. The van der Waals surface area contributed by atoms with E-state index in [1.54, 1.807) is 0 Å². The number of hydrogen-bond donors (Lipinski definition) is 1. The van der Waals surface area contributed by atoms with Gasteiger partial charge in [-0.15, -0.1) is 11.3 Å². The zero-order chi connectivity index (χ0) is 15.2. The van der Waals surface area contributed by atoms with Crippen LogP contribution in [0.5, 0.6) is 0 Å². The van der Waals surface area contributed by atoms with Crippen LogP contribution in [0.25, 0.3) is 10.6 Å². The fraction of sp³-hybridized carbons (Fsp3) is 0.286. The number of carbonyl (C=O) groups is 1. The Hall–Kier alpha value is -1.89. The lowest BCUT2D eigenvalue weighted by atomic mass is 10.1. The number of thiazole rings is 1. The first-order valence-corrected chi connectivity index (χ1v) is 7.09. The molecule has 3 rings (SSSR count). The van der Waals surface area contributed by atoms with Gasteiger partial charge in [-0.1, -0.05) is 12.1 Å². The molecule has 1 N–H and O–H groups in total. The smallest absolute Gasteiger partial charge is 0.416 e. The molecule has 0 bridgehead atoms. The van der Waals surface area contributed by atoms with Gasteiger partial charge in [-0.25, -0.2) is 9.78 Å². The van der Waals surface area contributed by atoms with Crippen LogP contribution in [0.2, 0.25) is 0 Å². The molecule has 2 aromatic rings. The van der Waals surface area contributed by atoms with Gasteiger partial charge >= 0.3 is 12.1 Å². The van der Waals surface area contributed by atoms with Gasteiger partial charge in [0.15, 0.2) is 0 Å². The lowest BCUT2D eigenvalue weighted by molar-refractivity contribution is -0.137. The van der Waals surface area contributed by atoms with Crippen molar-refractivity contribution in [2.45, 2.75) is 24.9 Å². The summed E-state index contributed by atoms with van der Waals surface area (Å²) in [6.07, 6.45) is -2.67. The lowest BCUT2D eigenvalue weighted by Gasteiger charge is -2.07. The fourth-order valence-electron chi connectivity index (χ4n) is 2.07. The molecule has 0 aliphatic heterocycles. The molecule has 1 heterocycles. The van der Waals surface area contributed by atoms with Crippen molar-refractivity contribution < 1.29 is 23.1 Å². The van der Waals surface area contributed by atoms with Gasteiger partial charge < -0.3 is 5.11 Å². The standard InChI is InChI=1S/C14H10F3NO2S/c15-14(16,17)9-3-1-2-8(6-9)12-18-10(7-4-5-7)11(21-12)13(19)20/h1-3,6-7H,4-5H2,(H,19,20). The number of benzene rings is 1. The van der Waals surface area contributed by atoms with Crippen molar-refractivity contribution in [1.29, 1.82) is 0 Å². The Bertz CT molecular complexity index is 704. The van der Waals surface area contributed by atoms with E-state index in [0.29, 0.717) is 16.3 Å². The third kappa shape index (κ3) is 2.78. The highest BCUT2D eigenvalue weighted by Gasteiger charge is 2.33. The molecule has 0 amide bonds. The third-order valence-electron chi connectivity index (χ3n) is 3.25. The highest BCUT2D eigenvalue weighted by molar-refractivity contribution is 7.17. The number of carboxylic acids is 1. The average Bonchev–Trinajstić information content (AvgIpc) is 3.16. The summed E-state index contributed by atoms with van der Waals surface area (Å²) in [6, 6.07) is 4.80. The van der Waals surface area contributed by atoms with Crippen LogP contribution in [0.3, 0.4) is 0 Å². The third-order valence-corrected chi connectivity index (χ3v) is 4.36. The van der Waals surface area contributed by atoms with Crippen LogP contribution in [0.4, 0.5) is 13.2 Å². The van der Waals surface area contributed by atoms with Gasteiger partial charge in [-0.2, -0.15) is 13.2 Å². The molecule has 1 saturated carbocycles. The molecule has 1 fully saturated rings. The number of carboxylic acid groups (broad SMARTS) is 1. The molecule has 0 saturated heterocycles. The fourth-order valence-corrected chi connectivity index (χ4v) is 3.06. The Morgan fingerprint density at radius 3 is 2.62 bits per heavy atom. The SMILES string of the molecule is O=C(O)c1sc(-c2cccc(C(F)(F)F)c2)nc1C1CC1. The Kier molecular flexibility index (Phi) is 3.24. The van der Waals surface area contributed by atoms with E-state index in [-0.39, 0.29) is 10.8 Å². The summed E-state index contributed by atoms with van der Waals surface area (Å²) in [5.74, 6) is -0.945. The largest absolute Gasteiger partial charge is 0.477 e. The van der Waals surface area contributed by atoms with E-state index in [2.05, 4.69) is 4.98 Å². The Balaban J connectivity index is 2.04. The highest BCUT2D eigenvalue weighted by atomic mass is 32.1. The minimum absolute atomic E-state index is 0.130. The molecule has 21 heavy (non-hydrogen) atoms. The van der Waals surface area contributed by atoms with Gasteiger partial charge in [0.2, 0.25) is 0 Å². The van der Waals surface area contributed by atoms with E-state index in [4.69, 9.17) is 0 Å². The molecule has 0 atom stereocenters. The molecule has 1 aliphatic rings. The maximum Gasteiger partial charge on any atom is 0.416 e. The van der Waals surface area contributed by atoms with Crippen LogP contribution in [0.15, 0.2) is 24.3 Å². The molecule has 7 heteroatoms. The predicted octanol–water partition coefficient (Wildman–Crippen LogP) is 4.40. The van der Waals surface area contributed by atoms with Crippen molar-refractivity contribution in [3.63, 3.8) is 0 Å². The van der Waals surface area contributed by atoms with Crippen LogP contribution < -0.4 is 0 Å². The maximum absolute atomic E-state index is 12.7. The van der Waals surface area contributed by atoms with E-state index in [0.717, 1.165) is 36.3 Å². The van der Waals surface area contributed by atoms with Gasteiger partial charge in [0.05, 0.1) is 11.3 Å². The van der Waals surface area contributed by atoms with E-state index < -0.39 is 17.7 Å². The average molecular weight is 313 g/mol. The summed E-state index contributed by atoms with van der Waals surface area (Å²) in [5.41, 5.74) is 0.0317. The predicted molar refractivity (Wildman–Crippen MR) is 71.5 cm³/mol. The van der Waals surface area contributed by atoms with Gasteiger partial charge in [0, 0.05) is 11.5 Å². The first-order valence-electron chi connectivity index (χ1n) is 6.28. The summed E-state index contributed by atoms with van der Waals surface area (Å²) < 4.78 is 38.2. The van der Waals surface area contributed by atoms with Crippen molar-refractivity contribution >= 4 is 17.3 Å². The summed E-state index contributed by atoms with van der Waals surface area (Å²) >= 11 is 0.930. The number of aromatic carboxylic acids is 1. The molecule has 1 aliphatic carbocycles. The Labute approximate surface area is 122 Å². The topological polar surface area (TPSA) is 50.2 Å². The second-order valence-electron chi connectivity index (χ2n) is 4.89. The minimum atomic E-state index is -4.43. The Morgan fingerprint density at radius 1 is 1.33 bits per heavy atom. The highest BCUT2D eigenvalue weighted by Crippen LogP contribution is 2.44. The summed E-state index contributed by atoms with van der Waals surface area (Å²) in [6.45, 7) is 0. The van der Waals surface area contributed by atoms with E-state index in [9.17, 15) is 23.1 Å². The number of nitrogens with zero attached hydrogens (tertiary/aromatic N) is 1. The van der Waals surface area contributed by atoms with Crippen molar-refractivity contribution in [1.82, 2.24) is 4.98 Å². The number of alkyl halides is 3. The van der Waals surface area contributed by atoms with Gasteiger partial charge in [0.25, 0.3) is 0 Å². The normalized spacial score (nSPS) is 15.2. The zero-order valence-electron chi connectivity index (χ0n) is 10.6. The molecule has 0 radical (unpaired) electrons. The van der Waals surface area contributed by atoms with Crippen LogP contribution in [0, 0.1) is 0 Å². The van der Waals surface area contributed by atoms with Gasteiger partial charge in [-0.3, -0.25) is 0 Å². The number of aromatic nitrogens is 1. The Morgan fingerprint density at radius 2 is 2.05 bits per heavy atom. The van der Waals surface area contributed by atoms with E-state index in [1.807, 2.05) is 0 Å². The van der Waals surface area contributed by atoms with Crippen molar-refractivity contribution in [3.8, 4) is 10.6 Å². The van der Waals surface area contributed by atoms with Gasteiger partial charge in [0.1, 0.15) is 9.88 Å². The van der Waals surface area contributed by atoms with E-state index in [1.165, 1.54) is 12.1 Å². The number of rotatable bonds is 3. The number of hydrogen-bond acceptors (Lipinski definition) is 3. The van der Waals surface area contributed by atoms with Crippen LogP contribution in [0.1, 0.15) is 39.7 Å². The van der Waals surface area contributed by atoms with Crippen molar-refractivity contribution in [2.75, 3.05) is 0 Å². The second kappa shape index (κ2) is 4.84. The molecule has 1 aromatic heterocycles. The van der Waals surface area contributed by atoms with Crippen molar-refractivity contribution in [2.24, 2.45) is 0 Å². The second-order valence-corrected chi connectivity index (χ2v) is 5.89. The molecular weight excluding hydrogens is 303 g/mol. The van der Waals surface area contributed by atoms with Crippen LogP contribution in [-0.4, -0.2) is 16.1 Å². The lowest BCUT2D eigenvalue weighted by Crippen LogP contribution is -2.04. The quantitative estimate of drug-likeness (QED) is 0.913. The minimum Gasteiger partial charge on any atom is -0.477 e. The number of halogens is 3. The molecule has 0 spiro atoms. The monoisotopic (exact) mass is 313 g/mol. The molecule has 0 unspecified atom stereocenters. The molecule has 3 nitrogen and oxygen atoms in total. The van der Waals surface area contributed by atoms with Gasteiger partial charge in [-0.05, 0) is 25.0 Å². The first kappa shape index (κ1) is 14.1. The maximum atomic E-state index is 12.7. The summed E-state index contributed by atoms with van der Waals surface area (Å²) in [4.78, 5) is 15.6. The first-order chi connectivity index (χ1) is 9.86. The van der Waals surface area contributed by atoms with Crippen LogP contribution in [-0.2, 0) is 6.18 Å². The molecule has 1 aromatic carbocycles.